The van der Waals surface area contributed by atoms with Crippen molar-refractivity contribution in [2.24, 2.45) is 0 Å². The zero-order chi connectivity index (χ0) is 22.5. The van der Waals surface area contributed by atoms with E-state index in [1.807, 2.05) is 66.7 Å². The third kappa shape index (κ3) is 5.54. The van der Waals surface area contributed by atoms with Crippen LogP contribution in [-0.2, 0) is 16.0 Å². The molecule has 1 N–H and O–H groups in total. The lowest BCUT2D eigenvalue weighted by Crippen LogP contribution is -2.43. The molecular weight excluding hydrogens is 463 g/mol. The molecule has 0 aliphatic carbocycles. The number of para-hydroxylation sites is 1. The maximum Gasteiger partial charge on any atom is 0.265 e. The molecule has 4 rings (SSSR count). The molecule has 0 atom stereocenters. The van der Waals surface area contributed by atoms with Crippen LogP contribution in [0.3, 0.4) is 0 Å². The molecule has 162 valence electrons. The van der Waals surface area contributed by atoms with Gasteiger partial charge in [-0.05, 0) is 60.0 Å². The summed E-state index contributed by atoms with van der Waals surface area (Å²) in [5, 5.41) is 4.23. The molecule has 1 heterocycles. The number of carbonyl (C=O) groups excluding carboxylic acids is 2. The Balaban J connectivity index is 1.47. The molecule has 0 unspecified atom stereocenters. The summed E-state index contributed by atoms with van der Waals surface area (Å²) in [5.41, 5.74) is 2.69. The van der Waals surface area contributed by atoms with E-state index < -0.39 is 0 Å². The lowest BCUT2D eigenvalue weighted by atomic mass is 10.1. The highest BCUT2D eigenvalue weighted by Gasteiger charge is 2.30. The van der Waals surface area contributed by atoms with Crippen molar-refractivity contribution in [2.45, 2.75) is 11.3 Å². The molecule has 32 heavy (non-hydrogen) atoms. The number of rotatable bonds is 6. The Morgan fingerprint density at radius 1 is 0.938 bits per heavy atom. The zero-order valence-electron chi connectivity index (χ0n) is 17.1. The van der Waals surface area contributed by atoms with Crippen LogP contribution in [0.2, 0.25) is 10.0 Å². The van der Waals surface area contributed by atoms with Gasteiger partial charge in [-0.25, -0.2) is 0 Å². The minimum absolute atomic E-state index is 0.0466. The molecule has 0 spiro atoms. The van der Waals surface area contributed by atoms with Crippen LogP contribution in [0.25, 0.3) is 6.08 Å². The normalized spacial score (nSPS) is 14.4. The molecule has 1 aliphatic rings. The van der Waals surface area contributed by atoms with Gasteiger partial charge in [0.05, 0.1) is 10.6 Å². The van der Waals surface area contributed by atoms with Gasteiger partial charge in [0.25, 0.3) is 5.91 Å². The number of carbonyl (C=O) groups is 2. The zero-order valence-corrected chi connectivity index (χ0v) is 19.4. The quantitative estimate of drug-likeness (QED) is 0.449. The summed E-state index contributed by atoms with van der Waals surface area (Å²) in [6, 6.07) is 22.4. The minimum atomic E-state index is -0.208. The first-order valence-electron chi connectivity index (χ1n) is 10.1. The van der Waals surface area contributed by atoms with Crippen molar-refractivity contribution in [1.29, 1.82) is 0 Å². The van der Waals surface area contributed by atoms with E-state index in [4.69, 9.17) is 23.2 Å². The molecular formula is C25H20Cl2N2O2S. The molecule has 3 aromatic rings. The average molecular weight is 483 g/mol. The van der Waals surface area contributed by atoms with Crippen LogP contribution >= 0.6 is 35.0 Å². The smallest absolute Gasteiger partial charge is 0.265 e. The lowest BCUT2D eigenvalue weighted by molar-refractivity contribution is -0.122. The molecule has 2 amide bonds. The predicted molar refractivity (Wildman–Crippen MR) is 132 cm³/mol. The Morgan fingerprint density at radius 3 is 2.31 bits per heavy atom. The van der Waals surface area contributed by atoms with Gasteiger partial charge >= 0.3 is 0 Å². The summed E-state index contributed by atoms with van der Waals surface area (Å²) in [7, 11) is 0. The number of fused-ring (bicyclic) bond motifs is 1. The summed E-state index contributed by atoms with van der Waals surface area (Å²) in [4.78, 5) is 28.9. The Kier molecular flexibility index (Phi) is 7.20. The number of hydrogen-bond acceptors (Lipinski definition) is 3. The van der Waals surface area contributed by atoms with Crippen LogP contribution in [0.4, 0.5) is 5.69 Å². The van der Waals surface area contributed by atoms with Gasteiger partial charge in [-0.2, -0.15) is 0 Å². The van der Waals surface area contributed by atoms with Crippen LogP contribution in [0.15, 0.2) is 82.6 Å². The molecule has 4 nitrogen and oxygen atoms in total. The van der Waals surface area contributed by atoms with Gasteiger partial charge in [0.1, 0.15) is 6.54 Å². The number of amides is 2. The van der Waals surface area contributed by atoms with Crippen molar-refractivity contribution in [2.75, 3.05) is 18.0 Å². The van der Waals surface area contributed by atoms with E-state index in [-0.39, 0.29) is 18.4 Å². The number of benzene rings is 3. The van der Waals surface area contributed by atoms with Gasteiger partial charge in [0.15, 0.2) is 0 Å². The van der Waals surface area contributed by atoms with Crippen LogP contribution < -0.4 is 10.2 Å². The molecule has 7 heteroatoms. The highest BCUT2D eigenvalue weighted by Crippen LogP contribution is 2.41. The molecule has 0 bridgehead atoms. The maximum atomic E-state index is 13.2. The van der Waals surface area contributed by atoms with Crippen LogP contribution in [0.1, 0.15) is 11.1 Å². The molecule has 0 saturated heterocycles. The standard InChI is InChI=1S/C25H20Cl2N2O2S/c26-19-9-5-17(6-10-19)13-14-28-24(30)16-29-21-3-1-2-4-22(21)32-23(25(29)31)15-18-7-11-20(27)12-8-18/h1-12,15H,13-14,16H2,(H,28,30)/b23-15+. The third-order valence-electron chi connectivity index (χ3n) is 4.95. The summed E-state index contributed by atoms with van der Waals surface area (Å²) >= 11 is 13.3. The van der Waals surface area contributed by atoms with Crippen molar-refractivity contribution >= 4 is 58.5 Å². The van der Waals surface area contributed by atoms with Gasteiger partial charge in [-0.15, -0.1) is 0 Å². The van der Waals surface area contributed by atoms with Crippen LogP contribution in [0.5, 0.6) is 0 Å². The van der Waals surface area contributed by atoms with Gasteiger partial charge in [-0.3, -0.25) is 14.5 Å². The number of thioether (sulfide) groups is 1. The van der Waals surface area contributed by atoms with Crippen LogP contribution in [0, 0.1) is 0 Å². The second-order valence-corrected chi connectivity index (χ2v) is 9.20. The minimum Gasteiger partial charge on any atom is -0.354 e. The number of nitrogens with zero attached hydrogens (tertiary/aromatic N) is 1. The molecule has 0 radical (unpaired) electrons. The SMILES string of the molecule is O=C(CN1C(=O)/C(=C\c2ccc(Cl)cc2)Sc2ccccc21)NCCc1ccc(Cl)cc1. The van der Waals surface area contributed by atoms with E-state index in [0.29, 0.717) is 27.9 Å². The fourth-order valence-electron chi connectivity index (χ4n) is 3.33. The Bertz CT molecular complexity index is 1160. The van der Waals surface area contributed by atoms with Crippen LogP contribution in [-0.4, -0.2) is 24.9 Å². The van der Waals surface area contributed by atoms with E-state index in [1.54, 1.807) is 12.1 Å². The number of hydrogen-bond donors (Lipinski definition) is 1. The summed E-state index contributed by atoms with van der Waals surface area (Å²) in [6.45, 7) is 0.432. The maximum absolute atomic E-state index is 13.2. The van der Waals surface area contributed by atoms with Gasteiger partial charge in [0, 0.05) is 21.5 Å². The highest BCUT2D eigenvalue weighted by atomic mass is 35.5. The molecule has 0 saturated carbocycles. The van der Waals surface area contributed by atoms with Crippen molar-refractivity contribution in [3.63, 3.8) is 0 Å². The Morgan fingerprint density at radius 2 is 1.59 bits per heavy atom. The second kappa shape index (κ2) is 10.3. The first-order valence-corrected chi connectivity index (χ1v) is 11.6. The first kappa shape index (κ1) is 22.5. The highest BCUT2D eigenvalue weighted by molar-refractivity contribution is 8.04. The van der Waals surface area contributed by atoms with E-state index in [2.05, 4.69) is 5.32 Å². The van der Waals surface area contributed by atoms with E-state index in [1.165, 1.54) is 16.7 Å². The monoisotopic (exact) mass is 482 g/mol. The van der Waals surface area contributed by atoms with Crippen molar-refractivity contribution in [3.8, 4) is 0 Å². The van der Waals surface area contributed by atoms with Gasteiger partial charge in [-0.1, -0.05) is 71.4 Å². The van der Waals surface area contributed by atoms with Gasteiger partial charge < -0.3 is 5.32 Å². The third-order valence-corrected chi connectivity index (χ3v) is 6.53. The number of halogens is 2. The second-order valence-electron chi connectivity index (χ2n) is 7.25. The average Bonchev–Trinajstić information content (AvgIpc) is 2.79. The summed E-state index contributed by atoms with van der Waals surface area (Å²) < 4.78 is 0. The molecule has 0 fully saturated rings. The van der Waals surface area contributed by atoms with Gasteiger partial charge in [0.2, 0.25) is 5.91 Å². The predicted octanol–water partition coefficient (Wildman–Crippen LogP) is 5.83. The van der Waals surface area contributed by atoms with E-state index in [9.17, 15) is 9.59 Å². The fourth-order valence-corrected chi connectivity index (χ4v) is 4.64. The largest absolute Gasteiger partial charge is 0.354 e. The van der Waals surface area contributed by atoms with E-state index in [0.717, 1.165) is 21.7 Å². The number of anilines is 1. The first-order chi connectivity index (χ1) is 15.5. The number of nitrogens with one attached hydrogen (secondary N) is 1. The van der Waals surface area contributed by atoms with Crippen molar-refractivity contribution in [1.82, 2.24) is 5.32 Å². The topological polar surface area (TPSA) is 49.4 Å². The summed E-state index contributed by atoms with van der Waals surface area (Å²) in [5.74, 6) is -0.406. The lowest BCUT2D eigenvalue weighted by Gasteiger charge is -2.29. The molecule has 0 aromatic heterocycles. The van der Waals surface area contributed by atoms with E-state index >= 15 is 0 Å². The van der Waals surface area contributed by atoms with Crippen molar-refractivity contribution < 1.29 is 9.59 Å². The molecule has 3 aromatic carbocycles. The van der Waals surface area contributed by atoms with Crippen molar-refractivity contribution in [3.05, 3.63) is 98.9 Å². The Labute approximate surface area is 201 Å². The summed E-state index contributed by atoms with van der Waals surface area (Å²) in [6.07, 6.45) is 2.51. The molecule has 1 aliphatic heterocycles. The fraction of sp³-hybridized carbons (Fsp3) is 0.120. The Hall–Kier alpha value is -2.73.